The lowest BCUT2D eigenvalue weighted by Gasteiger charge is -2.45. The van der Waals surface area contributed by atoms with E-state index < -0.39 is 0 Å². The van der Waals surface area contributed by atoms with Crippen LogP contribution in [-0.4, -0.2) is 77.2 Å². The number of fused-ring (bicyclic) bond motifs is 1. The minimum absolute atomic E-state index is 0.0489. The van der Waals surface area contributed by atoms with Gasteiger partial charge in [0.2, 0.25) is 0 Å². The van der Waals surface area contributed by atoms with Crippen LogP contribution in [0.1, 0.15) is 32.3 Å². The van der Waals surface area contributed by atoms with Gasteiger partial charge in [0, 0.05) is 56.9 Å². The molecule has 1 N–H and O–H groups in total. The molecule has 0 unspecified atom stereocenters. The molecular formula is C28H36N6O2. The number of hydrogen-bond acceptors (Lipinski definition) is 6. The molecule has 2 aliphatic heterocycles. The third-order valence-electron chi connectivity index (χ3n) is 7.38. The van der Waals surface area contributed by atoms with Crippen molar-refractivity contribution in [2.75, 3.05) is 38.2 Å². The highest BCUT2D eigenvalue weighted by Crippen LogP contribution is 2.24. The first-order chi connectivity index (χ1) is 17.5. The second-order valence-corrected chi connectivity index (χ2v) is 10.1. The van der Waals surface area contributed by atoms with Crippen LogP contribution in [0.4, 0.5) is 10.6 Å². The zero-order chi connectivity index (χ0) is 25.1. The summed E-state index contributed by atoms with van der Waals surface area (Å²) in [4.78, 5) is 29.4. The van der Waals surface area contributed by atoms with Gasteiger partial charge in [0.15, 0.2) is 0 Å². The molecule has 0 radical (unpaired) electrons. The highest BCUT2D eigenvalue weighted by atomic mass is 16.5. The zero-order valence-corrected chi connectivity index (χ0v) is 21.4. The molecule has 2 aromatic carbocycles. The molecule has 0 bridgehead atoms. The van der Waals surface area contributed by atoms with Gasteiger partial charge in [-0.1, -0.05) is 30.3 Å². The maximum Gasteiger partial charge on any atom is 0.318 e. The lowest BCUT2D eigenvalue weighted by Crippen LogP contribution is -2.62. The van der Waals surface area contributed by atoms with Gasteiger partial charge in [-0.15, -0.1) is 0 Å². The van der Waals surface area contributed by atoms with E-state index in [1.807, 2.05) is 29.3 Å². The summed E-state index contributed by atoms with van der Waals surface area (Å²) in [6, 6.07) is 16.7. The summed E-state index contributed by atoms with van der Waals surface area (Å²) < 4.78 is 5.29. The Bertz CT molecular complexity index is 1170. The van der Waals surface area contributed by atoms with E-state index in [0.29, 0.717) is 0 Å². The van der Waals surface area contributed by atoms with Crippen LogP contribution < -0.4 is 15.0 Å². The zero-order valence-electron chi connectivity index (χ0n) is 21.4. The number of ether oxygens (including phenoxy) is 1. The van der Waals surface area contributed by atoms with Crippen molar-refractivity contribution in [3.05, 3.63) is 60.3 Å². The van der Waals surface area contributed by atoms with Crippen LogP contribution in [0.2, 0.25) is 0 Å². The Labute approximate surface area is 213 Å². The van der Waals surface area contributed by atoms with Crippen LogP contribution in [-0.2, 0) is 6.54 Å². The molecule has 2 aliphatic rings. The summed E-state index contributed by atoms with van der Waals surface area (Å²) in [5.74, 6) is 1.62. The third-order valence-corrected chi connectivity index (χ3v) is 7.38. The average molecular weight is 489 g/mol. The van der Waals surface area contributed by atoms with Crippen LogP contribution in [0.25, 0.3) is 11.0 Å². The fraction of sp³-hybridized carbons (Fsp3) is 0.464. The van der Waals surface area contributed by atoms with Gasteiger partial charge in [-0.3, -0.25) is 9.88 Å². The molecule has 8 heteroatoms. The van der Waals surface area contributed by atoms with Crippen LogP contribution in [0.15, 0.2) is 54.7 Å². The number of carbonyl (C=O) groups is 1. The lowest BCUT2D eigenvalue weighted by atomic mass is 10.0. The van der Waals surface area contributed by atoms with E-state index in [9.17, 15) is 4.79 Å². The highest BCUT2D eigenvalue weighted by Gasteiger charge is 2.34. The topological polar surface area (TPSA) is 73.8 Å². The van der Waals surface area contributed by atoms with Gasteiger partial charge in [-0.2, -0.15) is 0 Å². The van der Waals surface area contributed by atoms with Crippen molar-refractivity contribution in [2.45, 2.75) is 51.4 Å². The molecule has 2 amide bonds. The molecular weight excluding hydrogens is 452 g/mol. The van der Waals surface area contributed by atoms with Crippen molar-refractivity contribution in [2.24, 2.45) is 0 Å². The van der Waals surface area contributed by atoms with Gasteiger partial charge in [-0.25, -0.2) is 9.78 Å². The number of nitrogens with one attached hydrogen (secondary N) is 1. The SMILES string of the molecule is COc1ccc2nc(N3C[C@@H](C)N(C(=O)NC4CCN(Cc5ccccc5)CC4)[C@H](C)C3)cnc2c1. The Kier molecular flexibility index (Phi) is 7.23. The first kappa shape index (κ1) is 24.3. The minimum Gasteiger partial charge on any atom is -0.497 e. The van der Waals surface area contributed by atoms with Gasteiger partial charge in [0.1, 0.15) is 11.6 Å². The predicted octanol–water partition coefficient (Wildman–Crippen LogP) is 3.91. The lowest BCUT2D eigenvalue weighted by molar-refractivity contribution is 0.130. The number of aromatic nitrogens is 2. The van der Waals surface area contributed by atoms with Crippen LogP contribution in [0.5, 0.6) is 5.75 Å². The standard InChI is InChI=1S/C28H36N6O2/c1-20-17-33(27-16-29-26-15-24(36-3)9-10-25(26)31-27)18-21(2)34(20)28(35)30-23-11-13-32(14-12-23)19-22-7-5-4-6-8-22/h4-10,15-16,20-21,23H,11-14,17-19H2,1-3H3,(H,30,35)/t20-,21-/m1/s1. The smallest absolute Gasteiger partial charge is 0.318 e. The Hall–Kier alpha value is -3.39. The molecule has 0 saturated carbocycles. The van der Waals surface area contributed by atoms with Crippen molar-refractivity contribution >= 4 is 22.9 Å². The second kappa shape index (κ2) is 10.7. The highest BCUT2D eigenvalue weighted by molar-refractivity contribution is 5.78. The molecule has 1 aromatic heterocycles. The van der Waals surface area contributed by atoms with E-state index in [4.69, 9.17) is 9.72 Å². The summed E-state index contributed by atoms with van der Waals surface area (Å²) in [6.07, 6.45) is 3.79. The number of benzene rings is 2. The van der Waals surface area contributed by atoms with E-state index in [0.717, 1.165) is 68.2 Å². The van der Waals surface area contributed by atoms with E-state index in [1.165, 1.54) is 5.56 Å². The normalized spacial score (nSPS) is 21.5. The van der Waals surface area contributed by atoms with Crippen LogP contribution >= 0.6 is 0 Å². The Morgan fingerprint density at radius 2 is 1.75 bits per heavy atom. The van der Waals surface area contributed by atoms with Gasteiger partial charge in [0.05, 0.1) is 24.3 Å². The average Bonchev–Trinajstić information content (AvgIpc) is 2.89. The Morgan fingerprint density at radius 3 is 2.44 bits per heavy atom. The molecule has 2 saturated heterocycles. The molecule has 36 heavy (non-hydrogen) atoms. The van der Waals surface area contributed by atoms with E-state index in [2.05, 4.69) is 64.3 Å². The number of nitrogens with zero attached hydrogens (tertiary/aromatic N) is 5. The summed E-state index contributed by atoms with van der Waals surface area (Å²) in [7, 11) is 1.65. The number of anilines is 1. The number of urea groups is 1. The molecule has 3 aromatic rings. The number of hydrogen-bond donors (Lipinski definition) is 1. The summed E-state index contributed by atoms with van der Waals surface area (Å²) in [6.45, 7) is 8.67. The molecule has 5 rings (SSSR count). The van der Waals surface area contributed by atoms with Crippen molar-refractivity contribution in [3.63, 3.8) is 0 Å². The third kappa shape index (κ3) is 5.38. The monoisotopic (exact) mass is 488 g/mol. The summed E-state index contributed by atoms with van der Waals surface area (Å²) >= 11 is 0. The van der Waals surface area contributed by atoms with Crippen molar-refractivity contribution < 1.29 is 9.53 Å². The van der Waals surface area contributed by atoms with Gasteiger partial charge in [0.25, 0.3) is 0 Å². The van der Waals surface area contributed by atoms with Crippen molar-refractivity contribution in [3.8, 4) is 5.75 Å². The molecule has 3 heterocycles. The summed E-state index contributed by atoms with van der Waals surface area (Å²) in [5, 5.41) is 3.33. The fourth-order valence-electron chi connectivity index (χ4n) is 5.50. The number of likely N-dealkylation sites (tertiary alicyclic amines) is 1. The Morgan fingerprint density at radius 1 is 1.03 bits per heavy atom. The largest absolute Gasteiger partial charge is 0.497 e. The molecule has 2 fully saturated rings. The van der Waals surface area contributed by atoms with Crippen molar-refractivity contribution in [1.29, 1.82) is 0 Å². The van der Waals surface area contributed by atoms with E-state index in [1.54, 1.807) is 7.11 Å². The maximum absolute atomic E-state index is 13.3. The van der Waals surface area contributed by atoms with E-state index >= 15 is 0 Å². The predicted molar refractivity (Wildman–Crippen MR) is 142 cm³/mol. The van der Waals surface area contributed by atoms with Crippen molar-refractivity contribution in [1.82, 2.24) is 25.1 Å². The quantitative estimate of drug-likeness (QED) is 0.587. The number of rotatable bonds is 5. The molecule has 0 spiro atoms. The van der Waals surface area contributed by atoms with Gasteiger partial charge in [-0.05, 0) is 44.4 Å². The molecule has 2 atom stereocenters. The number of methoxy groups -OCH3 is 1. The van der Waals surface area contributed by atoms with E-state index in [-0.39, 0.29) is 24.2 Å². The number of amides is 2. The number of carbonyl (C=O) groups excluding carboxylic acids is 1. The number of piperidine rings is 1. The second-order valence-electron chi connectivity index (χ2n) is 10.1. The fourth-order valence-corrected chi connectivity index (χ4v) is 5.50. The summed E-state index contributed by atoms with van der Waals surface area (Å²) in [5.41, 5.74) is 3.00. The first-order valence-corrected chi connectivity index (χ1v) is 12.9. The molecule has 0 aliphatic carbocycles. The van der Waals surface area contributed by atoms with Crippen LogP contribution in [0.3, 0.4) is 0 Å². The minimum atomic E-state index is 0.0489. The number of piperazine rings is 1. The maximum atomic E-state index is 13.3. The molecule has 8 nitrogen and oxygen atoms in total. The van der Waals surface area contributed by atoms with Crippen LogP contribution in [0, 0.1) is 0 Å². The first-order valence-electron chi connectivity index (χ1n) is 12.9. The molecule has 190 valence electrons. The Balaban J connectivity index is 1.16. The van der Waals surface area contributed by atoms with Gasteiger partial charge >= 0.3 is 6.03 Å². The van der Waals surface area contributed by atoms with Gasteiger partial charge < -0.3 is 19.9 Å².